The lowest BCUT2D eigenvalue weighted by Gasteiger charge is -2.28. The van der Waals surface area contributed by atoms with Gasteiger partial charge in [-0.3, -0.25) is 0 Å². The van der Waals surface area contributed by atoms with E-state index in [0.717, 1.165) is 83.5 Å². The van der Waals surface area contributed by atoms with Crippen LogP contribution >= 0.6 is 0 Å². The highest BCUT2D eigenvalue weighted by Gasteiger charge is 2.20. The van der Waals surface area contributed by atoms with Crippen molar-refractivity contribution in [2.75, 3.05) is 4.90 Å². The Kier molecular flexibility index (Phi) is 8.17. The van der Waals surface area contributed by atoms with Crippen molar-refractivity contribution in [1.29, 1.82) is 0 Å². The third-order valence-corrected chi connectivity index (χ3v) is 12.2. The van der Waals surface area contributed by atoms with Gasteiger partial charge in [-0.25, -0.2) is 0 Å². The van der Waals surface area contributed by atoms with Crippen molar-refractivity contribution in [1.82, 2.24) is 4.57 Å². The van der Waals surface area contributed by atoms with Crippen LogP contribution in [0.2, 0.25) is 0 Å². The van der Waals surface area contributed by atoms with Crippen LogP contribution in [0.1, 0.15) is 0 Å². The Morgan fingerprint density at radius 3 is 1.75 bits per heavy atom. The number of benzene rings is 10. The zero-order valence-corrected chi connectivity index (χ0v) is 33.2. The van der Waals surface area contributed by atoms with E-state index < -0.39 is 0 Å². The molecule has 3 heteroatoms. The molecule has 61 heavy (non-hydrogen) atoms. The summed E-state index contributed by atoms with van der Waals surface area (Å²) in [6.45, 7) is 0. The van der Waals surface area contributed by atoms with E-state index in [1.165, 1.54) is 27.2 Å². The fourth-order valence-corrected chi connectivity index (χ4v) is 9.35. The Balaban J connectivity index is 0.986. The zero-order valence-electron chi connectivity index (χ0n) is 33.2. The number of para-hydroxylation sites is 4. The van der Waals surface area contributed by atoms with Crippen molar-refractivity contribution in [3.05, 3.63) is 231 Å². The summed E-state index contributed by atoms with van der Waals surface area (Å²) in [5, 5.41) is 7.07. The molecule has 0 atom stereocenters. The number of anilines is 3. The first-order valence-corrected chi connectivity index (χ1v) is 20.8. The molecule has 0 spiro atoms. The molecule has 0 unspecified atom stereocenters. The lowest BCUT2D eigenvalue weighted by atomic mass is 9.99. The number of aromatic nitrogens is 1. The predicted octanol–water partition coefficient (Wildman–Crippen LogP) is 16.3. The van der Waals surface area contributed by atoms with Crippen LogP contribution in [0.4, 0.5) is 17.1 Å². The molecule has 0 N–H and O–H groups in total. The molecule has 10 aromatic carbocycles. The van der Waals surface area contributed by atoms with E-state index in [1.807, 2.05) is 0 Å². The summed E-state index contributed by atoms with van der Waals surface area (Å²) in [4.78, 5) is 2.39. The van der Waals surface area contributed by atoms with Crippen LogP contribution in [0.5, 0.6) is 0 Å². The molecule has 0 bridgehead atoms. The van der Waals surface area contributed by atoms with E-state index in [1.54, 1.807) is 0 Å². The zero-order chi connectivity index (χ0) is 40.3. The molecule has 2 aromatic heterocycles. The van der Waals surface area contributed by atoms with E-state index in [0.29, 0.717) is 0 Å². The van der Waals surface area contributed by atoms with Crippen LogP contribution in [-0.2, 0) is 0 Å². The van der Waals surface area contributed by atoms with Crippen LogP contribution in [0.25, 0.3) is 93.6 Å². The fourth-order valence-electron chi connectivity index (χ4n) is 9.35. The van der Waals surface area contributed by atoms with Gasteiger partial charge >= 0.3 is 0 Å². The average Bonchev–Trinajstić information content (AvgIpc) is 3.89. The van der Waals surface area contributed by atoms with Gasteiger partial charge in [0.2, 0.25) is 0 Å². The largest absolute Gasteiger partial charge is 0.455 e. The first-order chi connectivity index (χ1) is 30.3. The maximum atomic E-state index is 6.81. The van der Waals surface area contributed by atoms with Gasteiger partial charge in [0.15, 0.2) is 0 Å². The van der Waals surface area contributed by atoms with Gasteiger partial charge in [-0.1, -0.05) is 170 Å². The Labute approximate surface area is 353 Å². The number of nitrogens with zero attached hydrogens (tertiary/aromatic N) is 2. The van der Waals surface area contributed by atoms with Crippen LogP contribution in [0.3, 0.4) is 0 Å². The summed E-state index contributed by atoms with van der Waals surface area (Å²) >= 11 is 0. The highest BCUT2D eigenvalue weighted by molar-refractivity contribution is 6.17. The van der Waals surface area contributed by atoms with Crippen molar-refractivity contribution >= 4 is 71.6 Å². The summed E-state index contributed by atoms with van der Waals surface area (Å²) in [6, 6.07) is 82.8. The molecule has 12 rings (SSSR count). The van der Waals surface area contributed by atoms with E-state index in [-0.39, 0.29) is 0 Å². The molecule has 286 valence electrons. The molecular weight excluding hydrogens is 741 g/mol. The lowest BCUT2D eigenvalue weighted by molar-refractivity contribution is 0.674. The minimum atomic E-state index is 0.898. The van der Waals surface area contributed by atoms with Gasteiger partial charge in [0.25, 0.3) is 0 Å². The second-order valence-electron chi connectivity index (χ2n) is 15.7. The predicted molar refractivity (Wildman–Crippen MR) is 257 cm³/mol. The third kappa shape index (κ3) is 5.82. The maximum Gasteiger partial charge on any atom is 0.143 e. The molecule has 0 radical (unpaired) electrons. The Morgan fingerprint density at radius 1 is 0.328 bits per heavy atom. The normalized spacial score (nSPS) is 11.6. The standard InChI is InChI=1S/C58H38N2O/c1-2-15-40(16-3-1)47-22-6-9-28-54(47)59(45-20-13-19-43(38-45)49-26-14-27-52-53-36-33-41-17-4-5-23-48(41)57(53)61-58(49)52)44-34-31-39(32-35-44)42-18-12-21-46(37-42)60-55-29-10-7-24-50(55)51-25-8-11-30-56(51)60/h1-38H. The summed E-state index contributed by atoms with van der Waals surface area (Å²) in [6.07, 6.45) is 0. The molecule has 0 aliphatic heterocycles. The van der Waals surface area contributed by atoms with Crippen LogP contribution in [0.15, 0.2) is 235 Å². The third-order valence-electron chi connectivity index (χ3n) is 12.2. The van der Waals surface area contributed by atoms with Crippen LogP contribution in [0, 0.1) is 0 Å². The lowest BCUT2D eigenvalue weighted by Crippen LogP contribution is -2.11. The van der Waals surface area contributed by atoms with Crippen molar-refractivity contribution in [2.24, 2.45) is 0 Å². The van der Waals surface area contributed by atoms with Gasteiger partial charge < -0.3 is 13.9 Å². The molecule has 3 nitrogen and oxygen atoms in total. The Bertz CT molecular complexity index is 3540. The van der Waals surface area contributed by atoms with Crippen LogP contribution in [-0.4, -0.2) is 4.57 Å². The van der Waals surface area contributed by atoms with Crippen molar-refractivity contribution in [3.8, 4) is 39.1 Å². The summed E-state index contributed by atoms with van der Waals surface area (Å²) < 4.78 is 9.19. The Morgan fingerprint density at radius 2 is 0.934 bits per heavy atom. The van der Waals surface area contributed by atoms with Crippen molar-refractivity contribution < 1.29 is 4.42 Å². The molecule has 0 fully saturated rings. The maximum absolute atomic E-state index is 6.81. The SMILES string of the molecule is c1ccc(-c2ccccc2N(c2ccc(-c3cccc(-n4c5ccccc5c5ccccc54)c3)cc2)c2cccc(-c3cccc4c3oc3c5ccccc5ccc43)c2)cc1. The fraction of sp³-hybridized carbons (Fsp3) is 0. The van der Waals surface area contributed by atoms with Gasteiger partial charge in [-0.05, 0) is 88.3 Å². The van der Waals surface area contributed by atoms with Gasteiger partial charge in [-0.15, -0.1) is 0 Å². The summed E-state index contributed by atoms with van der Waals surface area (Å²) in [5.74, 6) is 0. The summed E-state index contributed by atoms with van der Waals surface area (Å²) in [5.41, 5.74) is 15.4. The highest BCUT2D eigenvalue weighted by atomic mass is 16.3. The van der Waals surface area contributed by atoms with E-state index in [2.05, 4.69) is 240 Å². The molecule has 0 aliphatic carbocycles. The number of furan rings is 1. The molecule has 2 heterocycles. The summed E-state index contributed by atoms with van der Waals surface area (Å²) in [7, 11) is 0. The van der Waals surface area contributed by atoms with E-state index in [9.17, 15) is 0 Å². The quantitative estimate of drug-likeness (QED) is 0.161. The number of rotatable bonds is 7. The first kappa shape index (κ1) is 34.9. The monoisotopic (exact) mass is 778 g/mol. The number of hydrogen-bond donors (Lipinski definition) is 0. The second-order valence-corrected chi connectivity index (χ2v) is 15.7. The van der Waals surface area contributed by atoms with Gasteiger partial charge in [-0.2, -0.15) is 0 Å². The molecule has 0 amide bonds. The minimum Gasteiger partial charge on any atom is -0.455 e. The van der Waals surface area contributed by atoms with E-state index >= 15 is 0 Å². The smallest absolute Gasteiger partial charge is 0.143 e. The van der Waals surface area contributed by atoms with Crippen molar-refractivity contribution in [3.63, 3.8) is 0 Å². The number of fused-ring (bicyclic) bond motifs is 8. The molecule has 12 aromatic rings. The second kappa shape index (κ2) is 14.3. The van der Waals surface area contributed by atoms with Gasteiger partial charge in [0.1, 0.15) is 11.2 Å². The molecule has 0 saturated heterocycles. The first-order valence-electron chi connectivity index (χ1n) is 20.8. The van der Waals surface area contributed by atoms with Gasteiger partial charge in [0, 0.05) is 55.1 Å². The average molecular weight is 779 g/mol. The van der Waals surface area contributed by atoms with Crippen molar-refractivity contribution in [2.45, 2.75) is 0 Å². The van der Waals surface area contributed by atoms with E-state index in [4.69, 9.17) is 4.42 Å². The van der Waals surface area contributed by atoms with Gasteiger partial charge in [0.05, 0.1) is 16.7 Å². The minimum absolute atomic E-state index is 0.898. The molecule has 0 saturated carbocycles. The molecular formula is C58H38N2O. The number of hydrogen-bond acceptors (Lipinski definition) is 2. The Hall–Kier alpha value is -8.14. The van der Waals surface area contributed by atoms with Crippen LogP contribution < -0.4 is 4.90 Å². The molecule has 0 aliphatic rings. The topological polar surface area (TPSA) is 21.3 Å². The highest BCUT2D eigenvalue weighted by Crippen LogP contribution is 2.44.